The molecule has 12 heteroatoms. The van der Waals surface area contributed by atoms with Crippen molar-refractivity contribution >= 4 is 5.91 Å². The predicted molar refractivity (Wildman–Crippen MR) is 190 cm³/mol. The number of methoxy groups -OCH3 is 7. The van der Waals surface area contributed by atoms with E-state index in [2.05, 4.69) is 11.4 Å². The second kappa shape index (κ2) is 17.5. The number of ether oxygens (including phenoxy) is 7. The number of hydrogen-bond donors (Lipinski definition) is 3. The molecule has 5 rings (SSSR count). The first-order valence-electron chi connectivity index (χ1n) is 16.7. The van der Waals surface area contributed by atoms with Gasteiger partial charge in [0.2, 0.25) is 5.75 Å². The van der Waals surface area contributed by atoms with Gasteiger partial charge in [-0.05, 0) is 79.8 Å². The molecule has 3 aromatic rings. The topological polar surface area (TPSA) is 137 Å². The number of amides is 1. The summed E-state index contributed by atoms with van der Waals surface area (Å²) in [6, 6.07) is 15.1. The lowest BCUT2D eigenvalue weighted by atomic mass is 9.77. The van der Waals surface area contributed by atoms with E-state index in [4.69, 9.17) is 33.2 Å². The summed E-state index contributed by atoms with van der Waals surface area (Å²) < 4.78 is 37.6. The Morgan fingerprint density at radius 1 is 0.660 bits per heavy atom. The van der Waals surface area contributed by atoms with E-state index < -0.39 is 0 Å². The van der Waals surface area contributed by atoms with Gasteiger partial charge < -0.3 is 53.6 Å². The van der Waals surface area contributed by atoms with Crippen molar-refractivity contribution in [2.45, 2.75) is 36.5 Å². The van der Waals surface area contributed by atoms with Gasteiger partial charge in [0.1, 0.15) is 0 Å². The van der Waals surface area contributed by atoms with Crippen LogP contribution in [0.1, 0.15) is 47.2 Å². The zero-order valence-electron chi connectivity index (χ0n) is 30.3. The van der Waals surface area contributed by atoms with Gasteiger partial charge in [-0.3, -0.25) is 4.79 Å². The summed E-state index contributed by atoms with van der Waals surface area (Å²) in [5.74, 6) is 3.91. The first-order valence-corrected chi connectivity index (χ1v) is 16.7. The molecule has 2 aliphatic rings. The summed E-state index contributed by atoms with van der Waals surface area (Å²) in [6.07, 6.45) is 3.07. The van der Waals surface area contributed by atoms with E-state index in [0.717, 1.165) is 49.4 Å². The molecule has 0 spiro atoms. The van der Waals surface area contributed by atoms with Gasteiger partial charge in [-0.2, -0.15) is 0 Å². The average molecular weight is 697 g/mol. The average Bonchev–Trinajstić information content (AvgIpc) is 3.82. The minimum absolute atomic E-state index is 0.0144. The van der Waals surface area contributed by atoms with Crippen molar-refractivity contribution in [1.82, 2.24) is 10.2 Å². The van der Waals surface area contributed by atoms with Gasteiger partial charge in [-0.1, -0.05) is 12.1 Å². The molecule has 12 nitrogen and oxygen atoms in total. The number of hydrogen-bond acceptors (Lipinski definition) is 11. The van der Waals surface area contributed by atoms with Crippen molar-refractivity contribution in [1.29, 1.82) is 0 Å². The van der Waals surface area contributed by atoms with Crippen LogP contribution in [0.2, 0.25) is 0 Å². The molecule has 3 aromatic carbocycles. The molecule has 2 heterocycles. The Kier molecular flexibility index (Phi) is 13.5. The molecule has 2 fully saturated rings. The lowest BCUT2D eigenvalue weighted by molar-refractivity contribution is 0.0778. The molecule has 0 aromatic heterocycles. The fourth-order valence-corrected chi connectivity index (χ4v) is 7.13. The number of nitrogens with one attached hydrogen (secondary N) is 1. The first-order chi connectivity index (χ1) is 24.2. The molecule has 0 bridgehead atoms. The first kappa shape index (κ1) is 38.4. The highest BCUT2D eigenvalue weighted by Crippen LogP contribution is 2.43. The van der Waals surface area contributed by atoms with Crippen LogP contribution in [0.5, 0.6) is 40.2 Å². The van der Waals surface area contributed by atoms with Crippen molar-refractivity contribution in [2.24, 2.45) is 0 Å². The molecule has 1 amide bonds. The lowest BCUT2D eigenvalue weighted by Crippen LogP contribution is -2.35. The van der Waals surface area contributed by atoms with Crippen molar-refractivity contribution in [3.8, 4) is 40.2 Å². The summed E-state index contributed by atoms with van der Waals surface area (Å²) in [7, 11) is 11.0. The van der Waals surface area contributed by atoms with Crippen LogP contribution in [-0.2, 0) is 10.8 Å². The highest BCUT2D eigenvalue weighted by molar-refractivity contribution is 5.96. The van der Waals surface area contributed by atoms with Crippen LogP contribution in [0, 0.1) is 0 Å². The van der Waals surface area contributed by atoms with Crippen LogP contribution in [0.15, 0.2) is 48.5 Å². The smallest absolute Gasteiger partial charge is 0.254 e. The van der Waals surface area contributed by atoms with Gasteiger partial charge in [0, 0.05) is 49.2 Å². The third-order valence-electron chi connectivity index (χ3n) is 9.97. The van der Waals surface area contributed by atoms with Crippen LogP contribution >= 0.6 is 0 Å². The van der Waals surface area contributed by atoms with Crippen LogP contribution in [0.3, 0.4) is 0 Å². The molecule has 2 atom stereocenters. The van der Waals surface area contributed by atoms with E-state index >= 15 is 0 Å². The van der Waals surface area contributed by atoms with E-state index in [9.17, 15) is 15.0 Å². The fraction of sp³-hybridized carbons (Fsp3) is 0.500. The van der Waals surface area contributed by atoms with E-state index in [-0.39, 0.29) is 30.0 Å². The van der Waals surface area contributed by atoms with Crippen molar-refractivity contribution in [3.63, 3.8) is 0 Å². The fourth-order valence-electron chi connectivity index (χ4n) is 7.13. The van der Waals surface area contributed by atoms with Crippen molar-refractivity contribution in [3.05, 3.63) is 65.2 Å². The van der Waals surface area contributed by atoms with Gasteiger partial charge >= 0.3 is 0 Å². The van der Waals surface area contributed by atoms with Crippen molar-refractivity contribution < 1.29 is 48.2 Å². The Bertz CT molecular complexity index is 1550. The molecule has 2 unspecified atom stereocenters. The third kappa shape index (κ3) is 7.98. The standard InChI is InChI=1S/C24H31NO7.C14H21NO3/c1-28-18-7-6-17(14-19(18)29-2)24(9-11-26)8-10-25(15-24)23(27)16-12-20(30-3)22(32-5)21(13-16)31-4;1-17-12-4-3-11(9-13(12)18-2)14(6-8-16)5-7-15-10-14/h6-7,12-14,26H,8-11,15H2,1-5H3;3-4,9,15-16H,5-8,10H2,1-2H3. The maximum atomic E-state index is 13.4. The van der Waals surface area contributed by atoms with E-state index in [1.54, 1.807) is 45.5 Å². The molecule has 0 radical (unpaired) electrons. The van der Waals surface area contributed by atoms with Gasteiger partial charge in [0.05, 0.1) is 49.8 Å². The third-order valence-corrected chi connectivity index (χ3v) is 9.97. The monoisotopic (exact) mass is 696 g/mol. The number of benzene rings is 3. The molecule has 2 aliphatic heterocycles. The SMILES string of the molecule is COc1ccc(C2(CCO)CCN(C(=O)c3cc(OC)c(OC)c(OC)c3)C2)cc1OC.COc1ccc(C2(CCO)CCNC2)cc1OC. The van der Waals surface area contributed by atoms with E-state index in [0.29, 0.717) is 53.8 Å². The van der Waals surface area contributed by atoms with Gasteiger partial charge in [-0.15, -0.1) is 0 Å². The maximum Gasteiger partial charge on any atom is 0.254 e. The van der Waals surface area contributed by atoms with Gasteiger partial charge in [-0.25, -0.2) is 0 Å². The van der Waals surface area contributed by atoms with Gasteiger partial charge in [0.15, 0.2) is 34.5 Å². The second-order valence-electron chi connectivity index (χ2n) is 12.5. The molecule has 2 saturated heterocycles. The normalized spacial score (nSPS) is 19.7. The van der Waals surface area contributed by atoms with Crippen LogP contribution < -0.4 is 38.5 Å². The van der Waals surface area contributed by atoms with E-state index in [1.807, 2.05) is 30.3 Å². The predicted octanol–water partition coefficient (Wildman–Crippen LogP) is 4.21. The molecule has 274 valence electrons. The van der Waals surface area contributed by atoms with Crippen LogP contribution in [-0.4, -0.2) is 110 Å². The number of carbonyl (C=O) groups excluding carboxylic acids is 1. The Morgan fingerprint density at radius 2 is 1.16 bits per heavy atom. The largest absolute Gasteiger partial charge is 0.493 e. The molecule has 3 N–H and O–H groups in total. The molecule has 0 aliphatic carbocycles. The highest BCUT2D eigenvalue weighted by atomic mass is 16.5. The molecular formula is C38H52N2O10. The van der Waals surface area contributed by atoms with Crippen molar-refractivity contribution in [2.75, 3.05) is 89.2 Å². The minimum atomic E-state index is -0.384. The quantitative estimate of drug-likeness (QED) is 0.224. The maximum absolute atomic E-state index is 13.4. The number of carbonyl (C=O) groups is 1. The minimum Gasteiger partial charge on any atom is -0.493 e. The number of aliphatic hydroxyl groups excluding tert-OH is 2. The Hall–Kier alpha value is -4.39. The highest BCUT2D eigenvalue weighted by Gasteiger charge is 2.42. The number of likely N-dealkylation sites (tertiary alicyclic amines) is 1. The second-order valence-corrected chi connectivity index (χ2v) is 12.5. The number of rotatable bonds is 14. The summed E-state index contributed by atoms with van der Waals surface area (Å²) in [6.45, 7) is 3.15. The van der Waals surface area contributed by atoms with Crippen LogP contribution in [0.25, 0.3) is 0 Å². The van der Waals surface area contributed by atoms with Crippen LogP contribution in [0.4, 0.5) is 0 Å². The molecule has 0 saturated carbocycles. The molecular weight excluding hydrogens is 644 g/mol. The summed E-state index contributed by atoms with van der Waals surface area (Å²) in [4.78, 5) is 15.2. The number of aliphatic hydroxyl groups is 2. The lowest BCUT2D eigenvalue weighted by Gasteiger charge is -2.30. The van der Waals surface area contributed by atoms with E-state index in [1.165, 1.54) is 26.9 Å². The number of nitrogens with zero attached hydrogens (tertiary/aromatic N) is 1. The Balaban J connectivity index is 0.000000263. The Labute approximate surface area is 295 Å². The molecule has 50 heavy (non-hydrogen) atoms. The summed E-state index contributed by atoms with van der Waals surface area (Å²) in [5, 5.41) is 22.5. The summed E-state index contributed by atoms with van der Waals surface area (Å²) in [5.41, 5.74) is 2.30. The Morgan fingerprint density at radius 3 is 1.60 bits per heavy atom. The van der Waals surface area contributed by atoms with Gasteiger partial charge in [0.25, 0.3) is 5.91 Å². The zero-order chi connectivity index (χ0) is 36.3. The zero-order valence-corrected chi connectivity index (χ0v) is 30.3. The summed E-state index contributed by atoms with van der Waals surface area (Å²) >= 11 is 0.